The van der Waals surface area contributed by atoms with E-state index < -0.39 is 12.0 Å². The Morgan fingerprint density at radius 1 is 1.11 bits per heavy atom. The van der Waals surface area contributed by atoms with E-state index in [1.807, 2.05) is 68.5 Å². The van der Waals surface area contributed by atoms with Gasteiger partial charge in [0.1, 0.15) is 5.75 Å². The Kier molecular flexibility index (Phi) is 6.36. The van der Waals surface area contributed by atoms with E-state index in [-0.39, 0.29) is 12.2 Å². The number of hydrogen-bond donors (Lipinski definition) is 1. The van der Waals surface area contributed by atoms with E-state index in [4.69, 9.17) is 9.47 Å². The molecule has 1 atom stereocenters. The van der Waals surface area contributed by atoms with Crippen molar-refractivity contribution in [1.82, 2.24) is 9.55 Å². The number of carbonyl (C=O) groups is 1. The van der Waals surface area contributed by atoms with E-state index in [0.29, 0.717) is 27.2 Å². The second-order valence-corrected chi connectivity index (χ2v) is 9.52. The number of esters is 1. The van der Waals surface area contributed by atoms with Crippen molar-refractivity contribution in [2.75, 3.05) is 13.2 Å². The summed E-state index contributed by atoms with van der Waals surface area (Å²) in [5.41, 5.74) is 4.46. The minimum Gasteiger partial charge on any atom is -0.494 e. The smallest absolute Gasteiger partial charge is 0.338 e. The van der Waals surface area contributed by atoms with Crippen LogP contribution in [-0.2, 0) is 9.53 Å². The highest BCUT2D eigenvalue weighted by atomic mass is 32.1. The van der Waals surface area contributed by atoms with Crippen LogP contribution in [0.4, 0.5) is 0 Å². The molecule has 36 heavy (non-hydrogen) atoms. The average Bonchev–Trinajstić information content (AvgIpc) is 3.34. The van der Waals surface area contributed by atoms with Crippen molar-refractivity contribution in [3.63, 3.8) is 0 Å². The molecule has 1 N–H and O–H groups in total. The first-order valence-corrected chi connectivity index (χ1v) is 12.7. The van der Waals surface area contributed by atoms with Crippen molar-refractivity contribution in [2.45, 2.75) is 33.7 Å². The van der Waals surface area contributed by atoms with Gasteiger partial charge in [0.2, 0.25) is 0 Å². The van der Waals surface area contributed by atoms with Gasteiger partial charge in [-0.05, 0) is 57.5 Å². The lowest BCUT2D eigenvalue weighted by Crippen LogP contribution is -2.39. The third kappa shape index (κ3) is 4.07. The molecule has 0 fully saturated rings. The molecular formula is C28H27N3O4S. The summed E-state index contributed by atoms with van der Waals surface area (Å²) in [5, 5.41) is 1.05. The van der Waals surface area contributed by atoms with Gasteiger partial charge >= 0.3 is 5.97 Å². The first-order chi connectivity index (χ1) is 17.4. The van der Waals surface area contributed by atoms with Crippen molar-refractivity contribution in [3.8, 4) is 5.75 Å². The number of benzene rings is 2. The molecule has 8 heteroatoms. The van der Waals surface area contributed by atoms with Crippen LogP contribution in [0.1, 0.15) is 43.6 Å². The zero-order valence-corrected chi connectivity index (χ0v) is 21.4. The molecule has 0 radical (unpaired) electrons. The zero-order chi connectivity index (χ0) is 25.4. The second kappa shape index (κ2) is 9.62. The number of thiazole rings is 1. The van der Waals surface area contributed by atoms with E-state index in [9.17, 15) is 9.59 Å². The fourth-order valence-electron chi connectivity index (χ4n) is 4.64. The summed E-state index contributed by atoms with van der Waals surface area (Å²) in [6.45, 7) is 8.25. The highest BCUT2D eigenvalue weighted by Gasteiger charge is 2.33. The van der Waals surface area contributed by atoms with Gasteiger partial charge in [-0.3, -0.25) is 9.36 Å². The van der Waals surface area contributed by atoms with Gasteiger partial charge in [-0.1, -0.05) is 41.7 Å². The summed E-state index contributed by atoms with van der Waals surface area (Å²) in [6, 6.07) is 14.8. The van der Waals surface area contributed by atoms with Gasteiger partial charge in [-0.2, -0.15) is 0 Å². The second-order valence-electron chi connectivity index (χ2n) is 8.51. The number of hydrogen-bond acceptors (Lipinski definition) is 6. The number of aromatic amines is 1. The van der Waals surface area contributed by atoms with Crippen molar-refractivity contribution >= 4 is 34.3 Å². The van der Waals surface area contributed by atoms with Crippen LogP contribution in [0.5, 0.6) is 5.75 Å². The lowest BCUT2D eigenvalue weighted by atomic mass is 9.96. The summed E-state index contributed by atoms with van der Waals surface area (Å²) in [5.74, 6) is 0.251. The topological polar surface area (TPSA) is 85.7 Å². The molecule has 1 aliphatic heterocycles. The SMILES string of the molecule is CCOC(=O)C1=C(C)N=c2sc(=Cc3c(C)[nH]c4ccccc34)c(=O)n2C1c1ccc(OCC)cc1. The quantitative estimate of drug-likeness (QED) is 0.405. The predicted octanol–water partition coefficient (Wildman–Crippen LogP) is 3.99. The molecule has 184 valence electrons. The predicted molar refractivity (Wildman–Crippen MR) is 141 cm³/mol. The molecule has 0 amide bonds. The maximum atomic E-state index is 13.8. The normalized spacial score (nSPS) is 15.7. The van der Waals surface area contributed by atoms with Gasteiger partial charge in [0.15, 0.2) is 4.80 Å². The van der Waals surface area contributed by atoms with E-state index in [2.05, 4.69) is 9.98 Å². The molecular weight excluding hydrogens is 474 g/mol. The van der Waals surface area contributed by atoms with Crippen LogP contribution >= 0.6 is 11.3 Å². The maximum Gasteiger partial charge on any atom is 0.338 e. The first kappa shape index (κ1) is 23.8. The van der Waals surface area contributed by atoms with Crippen molar-refractivity contribution in [2.24, 2.45) is 4.99 Å². The standard InChI is InChI=1S/C28H27N3O4S/c1-5-34-19-13-11-18(12-14-19)25-24(27(33)35-6-2)17(4)30-28-31(25)26(32)23(36-28)15-21-16(3)29-22-10-8-7-9-20(21)22/h7-15,25,29H,5-6H2,1-4H3. The number of carbonyl (C=O) groups excluding carboxylic acids is 1. The van der Waals surface area contributed by atoms with Crippen LogP contribution in [0.3, 0.4) is 0 Å². The molecule has 0 aliphatic carbocycles. The molecule has 0 bridgehead atoms. The van der Waals surface area contributed by atoms with Gasteiger partial charge in [0, 0.05) is 22.2 Å². The molecule has 2 aromatic carbocycles. The van der Waals surface area contributed by atoms with Crippen LogP contribution in [0.2, 0.25) is 0 Å². The Bertz CT molecular complexity index is 1670. The monoisotopic (exact) mass is 501 g/mol. The van der Waals surface area contributed by atoms with Crippen LogP contribution in [0, 0.1) is 6.92 Å². The lowest BCUT2D eigenvalue weighted by molar-refractivity contribution is -0.139. The minimum absolute atomic E-state index is 0.198. The Morgan fingerprint density at radius 2 is 1.86 bits per heavy atom. The summed E-state index contributed by atoms with van der Waals surface area (Å²) >= 11 is 1.32. The molecule has 3 heterocycles. The number of aromatic nitrogens is 2. The highest BCUT2D eigenvalue weighted by Crippen LogP contribution is 2.31. The maximum absolute atomic E-state index is 13.8. The molecule has 0 spiro atoms. The molecule has 5 rings (SSSR count). The van der Waals surface area contributed by atoms with E-state index in [1.54, 1.807) is 18.4 Å². The van der Waals surface area contributed by atoms with Gasteiger partial charge in [-0.15, -0.1) is 0 Å². The first-order valence-electron chi connectivity index (χ1n) is 11.9. The number of para-hydroxylation sites is 1. The van der Waals surface area contributed by atoms with Crippen molar-refractivity contribution < 1.29 is 14.3 Å². The summed E-state index contributed by atoms with van der Waals surface area (Å²) in [6.07, 6.45) is 1.91. The summed E-state index contributed by atoms with van der Waals surface area (Å²) < 4.78 is 13.1. The van der Waals surface area contributed by atoms with Gasteiger partial charge in [0.05, 0.1) is 35.1 Å². The summed E-state index contributed by atoms with van der Waals surface area (Å²) in [7, 11) is 0. The molecule has 0 saturated heterocycles. The van der Waals surface area contributed by atoms with E-state index in [1.165, 1.54) is 11.3 Å². The van der Waals surface area contributed by atoms with Gasteiger partial charge in [-0.25, -0.2) is 9.79 Å². The number of nitrogens with one attached hydrogen (secondary N) is 1. The van der Waals surface area contributed by atoms with Crippen LogP contribution in [-0.4, -0.2) is 28.7 Å². The van der Waals surface area contributed by atoms with Gasteiger partial charge < -0.3 is 14.5 Å². The molecule has 0 saturated carbocycles. The molecule has 1 aliphatic rings. The van der Waals surface area contributed by atoms with Crippen molar-refractivity contribution in [3.05, 3.63) is 96.3 Å². The average molecular weight is 502 g/mol. The Morgan fingerprint density at radius 3 is 2.58 bits per heavy atom. The molecule has 1 unspecified atom stereocenters. The Labute approximate surface area is 212 Å². The number of fused-ring (bicyclic) bond motifs is 2. The third-order valence-corrected chi connectivity index (χ3v) is 7.23. The zero-order valence-electron chi connectivity index (χ0n) is 20.6. The Hall–Kier alpha value is -3.91. The van der Waals surface area contributed by atoms with E-state index >= 15 is 0 Å². The van der Waals surface area contributed by atoms with Gasteiger partial charge in [0.25, 0.3) is 5.56 Å². The lowest BCUT2D eigenvalue weighted by Gasteiger charge is -2.24. The summed E-state index contributed by atoms with van der Waals surface area (Å²) in [4.78, 5) is 35.5. The minimum atomic E-state index is -0.651. The number of allylic oxidation sites excluding steroid dienone is 1. The van der Waals surface area contributed by atoms with Crippen LogP contribution in [0.15, 0.2) is 69.6 Å². The van der Waals surface area contributed by atoms with Crippen molar-refractivity contribution in [1.29, 1.82) is 0 Å². The Balaban J connectivity index is 1.72. The highest BCUT2D eigenvalue weighted by molar-refractivity contribution is 7.07. The van der Waals surface area contributed by atoms with E-state index in [0.717, 1.165) is 33.5 Å². The fourth-order valence-corrected chi connectivity index (χ4v) is 5.66. The number of nitrogens with zero attached hydrogens (tertiary/aromatic N) is 2. The third-order valence-electron chi connectivity index (χ3n) is 6.24. The largest absolute Gasteiger partial charge is 0.494 e. The number of rotatable bonds is 6. The fraction of sp³-hybridized carbons (Fsp3) is 0.250. The number of aryl methyl sites for hydroxylation is 1. The molecule has 2 aromatic heterocycles. The number of ether oxygens (including phenoxy) is 2. The van der Waals surface area contributed by atoms with Crippen LogP contribution in [0.25, 0.3) is 17.0 Å². The molecule has 4 aromatic rings. The van der Waals surface area contributed by atoms with Crippen LogP contribution < -0.4 is 19.6 Å². The molecule has 7 nitrogen and oxygen atoms in total. The number of H-pyrrole nitrogens is 1.